The number of fused-ring (bicyclic) bond motifs is 3. The number of hydrogen-bond acceptors (Lipinski definition) is 4. The van der Waals surface area contributed by atoms with E-state index >= 15 is 0 Å². The Hall–Kier alpha value is -3.59. The minimum atomic E-state index is -0.339. The summed E-state index contributed by atoms with van der Waals surface area (Å²) in [7, 11) is 0. The second kappa shape index (κ2) is 11.2. The van der Waals surface area contributed by atoms with Crippen molar-refractivity contribution in [1.29, 1.82) is 0 Å². The van der Waals surface area contributed by atoms with Gasteiger partial charge in [0.05, 0.1) is 20.7 Å². The van der Waals surface area contributed by atoms with Crippen LogP contribution in [0.5, 0.6) is 5.75 Å². The predicted molar refractivity (Wildman–Crippen MR) is 172 cm³/mol. The molecule has 0 fully saturated rings. The Balaban J connectivity index is 1.28. The minimum Gasteiger partial charge on any atom is -0.488 e. The number of ether oxygens (including phenoxy) is 1. The fraction of sp³-hybridized carbons (Fsp3) is 0.118. The number of allylic oxidation sites excluding steroid dienone is 1. The zero-order valence-corrected chi connectivity index (χ0v) is 26.2. The topological polar surface area (TPSA) is 43.6 Å². The van der Waals surface area contributed by atoms with Gasteiger partial charge in [-0.1, -0.05) is 81.9 Å². The number of nitrogens with zero attached hydrogens (tertiary/aromatic N) is 2. The lowest BCUT2D eigenvalue weighted by Gasteiger charge is -2.30. The number of benzene rings is 4. The SMILES string of the molecule is O=c1/c(=C\c2ccc(OCc3ccc(Br)cc3)c(Br)c2)sc2n1[C@@H](c1ccc(F)cc1)C1=C(N=2)c2ccccc2CC1. The molecule has 5 aromatic rings. The number of halogens is 3. The normalized spacial score (nSPS) is 16.0. The molecule has 4 aromatic carbocycles. The quantitative estimate of drug-likeness (QED) is 0.190. The molecule has 8 heteroatoms. The molecule has 0 saturated heterocycles. The highest BCUT2D eigenvalue weighted by Crippen LogP contribution is 2.41. The van der Waals surface area contributed by atoms with Crippen LogP contribution in [0.3, 0.4) is 0 Å². The van der Waals surface area contributed by atoms with E-state index in [1.807, 2.05) is 60.7 Å². The molecule has 2 aliphatic rings. The van der Waals surface area contributed by atoms with Crippen LogP contribution in [0.2, 0.25) is 0 Å². The molecule has 0 bridgehead atoms. The zero-order valence-electron chi connectivity index (χ0n) is 22.2. The van der Waals surface area contributed by atoms with Crippen LogP contribution in [0.1, 0.15) is 40.3 Å². The molecular weight excluding hydrogens is 679 g/mol. The molecule has 0 N–H and O–H groups in total. The lowest BCUT2D eigenvalue weighted by Crippen LogP contribution is -2.38. The lowest BCUT2D eigenvalue weighted by molar-refractivity contribution is 0.304. The summed E-state index contributed by atoms with van der Waals surface area (Å²) in [6, 6.07) is 28.3. The van der Waals surface area contributed by atoms with E-state index in [2.05, 4.69) is 44.0 Å². The highest BCUT2D eigenvalue weighted by Gasteiger charge is 2.32. The molecule has 208 valence electrons. The van der Waals surface area contributed by atoms with E-state index in [1.54, 1.807) is 16.7 Å². The lowest BCUT2D eigenvalue weighted by atomic mass is 9.83. The van der Waals surface area contributed by atoms with Crippen molar-refractivity contribution in [2.45, 2.75) is 25.5 Å². The molecular formula is C34H23Br2FN2O2S. The summed E-state index contributed by atoms with van der Waals surface area (Å²) in [6.45, 7) is 0.445. The monoisotopic (exact) mass is 700 g/mol. The van der Waals surface area contributed by atoms with Gasteiger partial charge < -0.3 is 4.74 Å². The molecule has 1 aliphatic carbocycles. The molecule has 1 aromatic heterocycles. The molecule has 0 saturated carbocycles. The summed E-state index contributed by atoms with van der Waals surface area (Å²) in [4.78, 5) is 19.7. The number of thiazole rings is 1. The number of rotatable bonds is 5. The van der Waals surface area contributed by atoms with Crippen LogP contribution < -0.4 is 19.6 Å². The third-order valence-corrected chi connectivity index (χ3v) is 9.75. The highest BCUT2D eigenvalue weighted by molar-refractivity contribution is 9.10. The molecule has 4 nitrogen and oxygen atoms in total. The average molecular weight is 702 g/mol. The van der Waals surface area contributed by atoms with Gasteiger partial charge in [-0.05, 0) is 99.1 Å². The fourth-order valence-corrected chi connectivity index (χ4v) is 7.36. The second-order valence-corrected chi connectivity index (χ2v) is 13.0. The Bertz CT molecular complexity index is 2050. The van der Waals surface area contributed by atoms with Crippen LogP contribution in [0, 0.1) is 5.82 Å². The fourth-order valence-electron chi connectivity index (χ4n) is 5.58. The van der Waals surface area contributed by atoms with E-state index in [9.17, 15) is 9.18 Å². The van der Waals surface area contributed by atoms with Crippen LogP contribution >= 0.6 is 43.2 Å². The highest BCUT2D eigenvalue weighted by atomic mass is 79.9. The summed E-state index contributed by atoms with van der Waals surface area (Å²) in [6.07, 6.45) is 3.55. The summed E-state index contributed by atoms with van der Waals surface area (Å²) in [5, 5.41) is 0. The molecule has 2 heterocycles. The van der Waals surface area contributed by atoms with Gasteiger partial charge in [-0.3, -0.25) is 9.36 Å². The summed E-state index contributed by atoms with van der Waals surface area (Å²) >= 11 is 8.47. The maximum absolute atomic E-state index is 14.0. The molecule has 1 atom stereocenters. The molecule has 0 unspecified atom stereocenters. The third-order valence-electron chi connectivity index (χ3n) is 7.62. The molecule has 0 amide bonds. The maximum atomic E-state index is 14.0. The summed E-state index contributed by atoms with van der Waals surface area (Å²) in [5.41, 5.74) is 7.08. The smallest absolute Gasteiger partial charge is 0.271 e. The van der Waals surface area contributed by atoms with Crippen molar-refractivity contribution in [2.24, 2.45) is 4.99 Å². The van der Waals surface area contributed by atoms with E-state index in [4.69, 9.17) is 9.73 Å². The Morgan fingerprint density at radius 2 is 1.76 bits per heavy atom. The number of aromatic nitrogens is 1. The molecule has 7 rings (SSSR count). The Labute approximate surface area is 262 Å². The Kier molecular flexibility index (Phi) is 7.30. The van der Waals surface area contributed by atoms with E-state index < -0.39 is 0 Å². The van der Waals surface area contributed by atoms with Crippen LogP contribution in [0.4, 0.5) is 4.39 Å². The van der Waals surface area contributed by atoms with Gasteiger partial charge in [-0.25, -0.2) is 9.38 Å². The van der Waals surface area contributed by atoms with Crippen molar-refractivity contribution in [3.63, 3.8) is 0 Å². The maximum Gasteiger partial charge on any atom is 0.271 e. The van der Waals surface area contributed by atoms with Crippen molar-refractivity contribution in [3.05, 3.63) is 159 Å². The summed E-state index contributed by atoms with van der Waals surface area (Å²) < 4.78 is 24.1. The van der Waals surface area contributed by atoms with Crippen LogP contribution in [0.15, 0.2) is 115 Å². The minimum absolute atomic E-state index is 0.106. The van der Waals surface area contributed by atoms with E-state index in [1.165, 1.54) is 29.0 Å². The molecule has 0 radical (unpaired) electrons. The van der Waals surface area contributed by atoms with Gasteiger partial charge in [0.15, 0.2) is 4.80 Å². The molecule has 42 heavy (non-hydrogen) atoms. The Morgan fingerprint density at radius 1 is 0.976 bits per heavy atom. The van der Waals surface area contributed by atoms with Gasteiger partial charge >= 0.3 is 0 Å². The average Bonchev–Trinajstić information content (AvgIpc) is 3.31. The van der Waals surface area contributed by atoms with Gasteiger partial charge in [-0.2, -0.15) is 0 Å². The first kappa shape index (κ1) is 27.3. The van der Waals surface area contributed by atoms with E-state index in [0.717, 1.165) is 61.1 Å². The zero-order chi connectivity index (χ0) is 28.8. The van der Waals surface area contributed by atoms with Crippen molar-refractivity contribution in [1.82, 2.24) is 4.57 Å². The first-order valence-corrected chi connectivity index (χ1v) is 15.9. The van der Waals surface area contributed by atoms with Crippen molar-refractivity contribution in [2.75, 3.05) is 0 Å². The second-order valence-electron chi connectivity index (χ2n) is 10.3. The van der Waals surface area contributed by atoms with Crippen LogP contribution in [-0.2, 0) is 13.0 Å². The standard InChI is InChI=1S/C34H23Br2FN2O2S/c35-24-11-5-20(6-12-24)19-41-29-16-7-21(17-28(29)36)18-30-33(40)39-32(23-8-13-25(37)14-9-23)27-15-10-22-3-1-2-4-26(22)31(27)38-34(39)42-30/h1-9,11-14,16-18,32H,10,15,19H2/b30-18+/t32-/m0/s1. The summed E-state index contributed by atoms with van der Waals surface area (Å²) in [5.74, 6) is 0.420. The molecule has 0 spiro atoms. The predicted octanol–water partition coefficient (Wildman–Crippen LogP) is 7.56. The molecule has 1 aliphatic heterocycles. The van der Waals surface area contributed by atoms with Gasteiger partial charge in [0.2, 0.25) is 0 Å². The van der Waals surface area contributed by atoms with Crippen molar-refractivity contribution >= 4 is 55.0 Å². The van der Waals surface area contributed by atoms with Crippen molar-refractivity contribution in [3.8, 4) is 5.75 Å². The number of aryl methyl sites for hydroxylation is 1. The van der Waals surface area contributed by atoms with Crippen molar-refractivity contribution < 1.29 is 9.13 Å². The van der Waals surface area contributed by atoms with Gasteiger partial charge in [-0.15, -0.1) is 0 Å². The van der Waals surface area contributed by atoms with E-state index in [-0.39, 0.29) is 17.4 Å². The van der Waals surface area contributed by atoms with Crippen LogP contribution in [-0.4, -0.2) is 4.57 Å². The Morgan fingerprint density at radius 3 is 2.55 bits per heavy atom. The first-order chi connectivity index (χ1) is 20.4. The first-order valence-electron chi connectivity index (χ1n) is 13.5. The van der Waals surface area contributed by atoms with Gasteiger partial charge in [0.1, 0.15) is 18.2 Å². The van der Waals surface area contributed by atoms with E-state index in [0.29, 0.717) is 15.9 Å². The largest absolute Gasteiger partial charge is 0.488 e. The third kappa shape index (κ3) is 5.12. The van der Waals surface area contributed by atoms with Gasteiger partial charge in [0.25, 0.3) is 5.56 Å². The van der Waals surface area contributed by atoms with Crippen LogP contribution in [0.25, 0.3) is 11.8 Å². The van der Waals surface area contributed by atoms with Gasteiger partial charge in [0, 0.05) is 10.0 Å². The number of hydrogen-bond donors (Lipinski definition) is 0.